The molecular weight excluding hydrogens is 372 g/mol. The van der Waals surface area contributed by atoms with Crippen LogP contribution in [0.1, 0.15) is 91.9 Å². The quantitative estimate of drug-likeness (QED) is 0.487. The van der Waals surface area contributed by atoms with Crippen molar-refractivity contribution < 1.29 is 14.3 Å². The van der Waals surface area contributed by atoms with Gasteiger partial charge in [-0.2, -0.15) is 0 Å². The van der Waals surface area contributed by atoms with E-state index in [0.717, 1.165) is 50.0 Å². The minimum absolute atomic E-state index is 0.292. The molecule has 0 N–H and O–H groups in total. The molecule has 6 fully saturated rings. The van der Waals surface area contributed by atoms with Gasteiger partial charge >= 0.3 is 0 Å². The van der Waals surface area contributed by atoms with Crippen molar-refractivity contribution in [3.05, 3.63) is 0 Å². The van der Waals surface area contributed by atoms with Crippen LogP contribution in [0, 0.1) is 52.3 Å². The Bertz CT molecular complexity index is 724. The van der Waals surface area contributed by atoms with Gasteiger partial charge in [-0.05, 0) is 91.3 Å². The third kappa shape index (κ3) is 2.54. The number of ether oxygens (including phenoxy) is 2. The van der Waals surface area contributed by atoms with Crippen LogP contribution in [-0.2, 0) is 14.3 Å². The van der Waals surface area contributed by atoms with Gasteiger partial charge in [0, 0.05) is 25.2 Å². The van der Waals surface area contributed by atoms with Gasteiger partial charge in [0.2, 0.25) is 0 Å². The molecule has 0 aromatic heterocycles. The topological polar surface area (TPSA) is 35.5 Å². The van der Waals surface area contributed by atoms with Gasteiger partial charge in [-0.15, -0.1) is 0 Å². The molecule has 1 spiro atoms. The molecule has 6 rings (SSSR count). The van der Waals surface area contributed by atoms with Gasteiger partial charge in [-0.25, -0.2) is 0 Å². The van der Waals surface area contributed by atoms with Gasteiger partial charge in [0.05, 0.1) is 12.7 Å². The molecule has 2 saturated heterocycles. The zero-order chi connectivity index (χ0) is 20.9. The number of hydrogen-bond donors (Lipinski definition) is 0. The summed E-state index contributed by atoms with van der Waals surface area (Å²) in [6.45, 7) is 10.8. The summed E-state index contributed by atoms with van der Waals surface area (Å²) in [4.78, 5) is 12.2. The number of carbonyl (C=O) groups excluding carboxylic acids is 1. The SMILES string of the molecule is C[C@H]1CC[C@@]2(OC1)O[C@H]1C[C@H]3[C@@H]4CC[C@@H]5CC(=O)CC[C@]5(C)[C@H]4CC[C@]3(C)[C@H]1[C@@H]2C. The van der Waals surface area contributed by atoms with Crippen molar-refractivity contribution in [2.24, 2.45) is 52.3 Å². The average Bonchev–Trinajstić information content (AvgIpc) is 3.16. The van der Waals surface area contributed by atoms with E-state index in [2.05, 4.69) is 27.7 Å². The minimum Gasteiger partial charge on any atom is -0.349 e. The maximum absolute atomic E-state index is 12.2. The Morgan fingerprint density at radius 2 is 1.77 bits per heavy atom. The molecule has 0 radical (unpaired) electrons. The lowest BCUT2D eigenvalue weighted by atomic mass is 9.44. The van der Waals surface area contributed by atoms with Crippen LogP contribution in [0.3, 0.4) is 0 Å². The van der Waals surface area contributed by atoms with Crippen molar-refractivity contribution >= 4 is 5.78 Å². The highest BCUT2D eigenvalue weighted by atomic mass is 16.7. The fraction of sp³-hybridized carbons (Fsp3) is 0.963. The van der Waals surface area contributed by atoms with E-state index in [1.165, 1.54) is 38.5 Å². The molecule has 11 atom stereocenters. The van der Waals surface area contributed by atoms with Gasteiger partial charge < -0.3 is 9.47 Å². The van der Waals surface area contributed by atoms with E-state index in [1.54, 1.807) is 0 Å². The van der Waals surface area contributed by atoms with E-state index >= 15 is 0 Å². The Kier molecular flexibility index (Phi) is 4.42. The van der Waals surface area contributed by atoms with Crippen LogP contribution < -0.4 is 0 Å². The summed E-state index contributed by atoms with van der Waals surface area (Å²) < 4.78 is 13.4. The highest BCUT2D eigenvalue weighted by Crippen LogP contribution is 2.71. The molecule has 0 bridgehead atoms. The van der Waals surface area contributed by atoms with Gasteiger partial charge in [0.25, 0.3) is 0 Å². The Hall–Kier alpha value is -0.410. The van der Waals surface area contributed by atoms with Gasteiger partial charge in [0.1, 0.15) is 5.78 Å². The fourth-order valence-electron chi connectivity index (χ4n) is 10.1. The van der Waals surface area contributed by atoms with E-state index in [-0.39, 0.29) is 5.79 Å². The Morgan fingerprint density at radius 3 is 2.53 bits per heavy atom. The van der Waals surface area contributed by atoms with Crippen molar-refractivity contribution in [3.63, 3.8) is 0 Å². The van der Waals surface area contributed by atoms with Gasteiger partial charge in [-0.1, -0.05) is 27.7 Å². The minimum atomic E-state index is -0.292. The number of rotatable bonds is 0. The lowest BCUT2D eigenvalue weighted by Gasteiger charge is -2.60. The highest BCUT2D eigenvalue weighted by Gasteiger charge is 2.69. The predicted octanol–water partition coefficient (Wildman–Crippen LogP) is 6.00. The molecule has 6 aliphatic rings. The van der Waals surface area contributed by atoms with Crippen molar-refractivity contribution in [2.75, 3.05) is 6.61 Å². The lowest BCUT2D eigenvalue weighted by Crippen LogP contribution is -2.54. The van der Waals surface area contributed by atoms with E-state index in [1.807, 2.05) is 0 Å². The smallest absolute Gasteiger partial charge is 0.171 e. The highest BCUT2D eigenvalue weighted by molar-refractivity contribution is 5.79. The maximum atomic E-state index is 12.2. The molecule has 0 unspecified atom stereocenters. The van der Waals surface area contributed by atoms with Crippen molar-refractivity contribution in [1.29, 1.82) is 0 Å². The first-order chi connectivity index (χ1) is 14.3. The van der Waals surface area contributed by atoms with Crippen LogP contribution in [0.4, 0.5) is 0 Å². The largest absolute Gasteiger partial charge is 0.349 e. The molecule has 30 heavy (non-hydrogen) atoms. The van der Waals surface area contributed by atoms with Crippen LogP contribution in [0.15, 0.2) is 0 Å². The monoisotopic (exact) mass is 414 g/mol. The van der Waals surface area contributed by atoms with Crippen LogP contribution in [-0.4, -0.2) is 24.3 Å². The molecule has 0 amide bonds. The maximum Gasteiger partial charge on any atom is 0.171 e. The first-order valence-corrected chi connectivity index (χ1v) is 13.1. The Balaban J connectivity index is 1.26. The summed E-state index contributed by atoms with van der Waals surface area (Å²) in [7, 11) is 0. The second-order valence-corrected chi connectivity index (χ2v) is 12.9. The molecule has 2 heterocycles. The molecule has 4 aliphatic carbocycles. The van der Waals surface area contributed by atoms with Crippen LogP contribution in [0.25, 0.3) is 0 Å². The summed E-state index contributed by atoms with van der Waals surface area (Å²) in [5.74, 6) is 5.23. The van der Waals surface area contributed by atoms with Crippen LogP contribution in [0.5, 0.6) is 0 Å². The predicted molar refractivity (Wildman–Crippen MR) is 117 cm³/mol. The summed E-state index contributed by atoms with van der Waals surface area (Å²) >= 11 is 0. The number of fused-ring (bicyclic) bond motifs is 7. The van der Waals surface area contributed by atoms with Gasteiger partial charge in [0.15, 0.2) is 5.79 Å². The van der Waals surface area contributed by atoms with Crippen LogP contribution >= 0.6 is 0 Å². The zero-order valence-electron chi connectivity index (χ0n) is 19.6. The van der Waals surface area contributed by atoms with Crippen molar-refractivity contribution in [1.82, 2.24) is 0 Å². The number of ketones is 1. The zero-order valence-corrected chi connectivity index (χ0v) is 19.6. The molecule has 2 aliphatic heterocycles. The number of carbonyl (C=O) groups is 1. The second kappa shape index (κ2) is 6.56. The Labute approximate surface area is 183 Å². The summed E-state index contributed by atoms with van der Waals surface area (Å²) in [5.41, 5.74) is 0.820. The summed E-state index contributed by atoms with van der Waals surface area (Å²) in [6, 6.07) is 0. The average molecular weight is 415 g/mol. The summed E-state index contributed by atoms with van der Waals surface area (Å²) in [5, 5.41) is 0. The standard InChI is InChI=1S/C27H42O3/c1-16-7-12-27(29-15-16)17(2)24-23(30-27)14-22-20-6-5-18-13-19(28)8-10-25(18,3)21(20)9-11-26(22,24)4/h16-18,20-24H,5-15H2,1-4H3/t16-,17-,18+,20+,21-,22-,23-,24-,25-,26-,27+/m0/s1. The fourth-order valence-corrected chi connectivity index (χ4v) is 10.1. The molecular formula is C27H42O3. The molecule has 0 aromatic rings. The van der Waals surface area contributed by atoms with E-state index < -0.39 is 0 Å². The van der Waals surface area contributed by atoms with Gasteiger partial charge in [-0.3, -0.25) is 4.79 Å². The third-order valence-corrected chi connectivity index (χ3v) is 11.7. The van der Waals surface area contributed by atoms with E-state index in [0.29, 0.717) is 46.4 Å². The second-order valence-electron chi connectivity index (χ2n) is 12.9. The van der Waals surface area contributed by atoms with E-state index in [9.17, 15) is 4.79 Å². The molecule has 0 aromatic carbocycles. The van der Waals surface area contributed by atoms with Crippen molar-refractivity contribution in [2.45, 2.75) is 104 Å². The lowest BCUT2D eigenvalue weighted by molar-refractivity contribution is -0.273. The molecule has 168 valence electrons. The van der Waals surface area contributed by atoms with Crippen molar-refractivity contribution in [3.8, 4) is 0 Å². The number of hydrogen-bond acceptors (Lipinski definition) is 3. The first-order valence-electron chi connectivity index (χ1n) is 13.1. The van der Waals surface area contributed by atoms with E-state index in [4.69, 9.17) is 9.47 Å². The normalized spacial score (nSPS) is 60.1. The Morgan fingerprint density at radius 1 is 0.933 bits per heavy atom. The van der Waals surface area contributed by atoms with Crippen LogP contribution in [0.2, 0.25) is 0 Å². The molecule has 3 heteroatoms. The number of Topliss-reactive ketones (excluding diaryl/α,β-unsaturated/α-hetero) is 1. The first kappa shape index (κ1) is 20.2. The molecule has 4 saturated carbocycles. The molecule has 3 nitrogen and oxygen atoms in total. The third-order valence-electron chi connectivity index (χ3n) is 11.7. The summed E-state index contributed by atoms with van der Waals surface area (Å²) in [6.07, 6.45) is 12.2.